The van der Waals surface area contributed by atoms with Crippen LogP contribution in [0.15, 0.2) is 18.3 Å². The molecule has 1 amide bonds. The van der Waals surface area contributed by atoms with Crippen molar-refractivity contribution in [2.45, 2.75) is 44.7 Å². The molecular formula is C18H18ClFN6O. The van der Waals surface area contributed by atoms with Gasteiger partial charge >= 0.3 is 0 Å². The van der Waals surface area contributed by atoms with Gasteiger partial charge in [0.15, 0.2) is 0 Å². The van der Waals surface area contributed by atoms with Gasteiger partial charge in [0.2, 0.25) is 5.91 Å². The molecule has 0 unspecified atom stereocenters. The minimum absolute atomic E-state index is 0.0129. The molecule has 1 saturated carbocycles. The van der Waals surface area contributed by atoms with Crippen LogP contribution in [0.5, 0.6) is 0 Å². The van der Waals surface area contributed by atoms with Crippen molar-refractivity contribution in [2.24, 2.45) is 5.73 Å². The molecule has 140 valence electrons. The number of hydrogen-bond donors (Lipinski definition) is 1. The van der Waals surface area contributed by atoms with E-state index in [1.54, 1.807) is 12.3 Å². The van der Waals surface area contributed by atoms with Crippen LogP contribution >= 0.6 is 11.6 Å². The fourth-order valence-corrected chi connectivity index (χ4v) is 3.14. The zero-order valence-electron chi connectivity index (χ0n) is 14.9. The van der Waals surface area contributed by atoms with E-state index >= 15 is 0 Å². The fourth-order valence-electron chi connectivity index (χ4n) is 2.97. The molecule has 3 heterocycles. The molecule has 0 saturated heterocycles. The number of amides is 1. The van der Waals surface area contributed by atoms with Gasteiger partial charge in [-0.15, -0.1) is 0 Å². The summed E-state index contributed by atoms with van der Waals surface area (Å²) in [6.45, 7) is 2.81. The van der Waals surface area contributed by atoms with Crippen molar-refractivity contribution in [3.05, 3.63) is 40.6 Å². The van der Waals surface area contributed by atoms with Crippen molar-refractivity contribution in [3.63, 3.8) is 0 Å². The minimum Gasteiger partial charge on any atom is -0.369 e. The Morgan fingerprint density at radius 1 is 1.37 bits per heavy atom. The maximum atomic E-state index is 14.4. The number of nitrogens with two attached hydrogens (primary N) is 1. The number of aromatic nitrogens is 5. The molecular weight excluding hydrogens is 371 g/mol. The third kappa shape index (κ3) is 3.49. The van der Waals surface area contributed by atoms with Crippen LogP contribution < -0.4 is 5.73 Å². The lowest BCUT2D eigenvalue weighted by atomic mass is 10.1. The van der Waals surface area contributed by atoms with Crippen molar-refractivity contribution in [2.75, 3.05) is 0 Å². The van der Waals surface area contributed by atoms with Crippen molar-refractivity contribution >= 4 is 28.4 Å². The Bertz CT molecular complexity index is 1050. The summed E-state index contributed by atoms with van der Waals surface area (Å²) in [6, 6.07) is 3.14. The zero-order valence-corrected chi connectivity index (χ0v) is 15.7. The minimum atomic E-state index is -1.68. The molecule has 0 radical (unpaired) electrons. The Kier molecular flexibility index (Phi) is 4.10. The number of fused-ring (bicyclic) bond motifs is 1. The number of halogens is 2. The monoisotopic (exact) mass is 388 g/mol. The number of pyridine rings is 1. The van der Waals surface area contributed by atoms with Gasteiger partial charge in [-0.3, -0.25) is 9.78 Å². The van der Waals surface area contributed by atoms with Gasteiger partial charge in [-0.2, -0.15) is 14.8 Å². The number of carbonyl (C=O) groups is 1. The molecule has 4 rings (SSSR count). The lowest BCUT2D eigenvalue weighted by Crippen LogP contribution is -2.16. The highest BCUT2D eigenvalue weighted by atomic mass is 35.5. The summed E-state index contributed by atoms with van der Waals surface area (Å²) in [7, 11) is 0. The zero-order chi connectivity index (χ0) is 19.3. The van der Waals surface area contributed by atoms with Crippen molar-refractivity contribution in [1.82, 2.24) is 24.7 Å². The van der Waals surface area contributed by atoms with Crippen LogP contribution in [-0.2, 0) is 16.9 Å². The second-order valence-electron chi connectivity index (χ2n) is 7.26. The summed E-state index contributed by atoms with van der Waals surface area (Å²) in [5.74, 6) is 0.0564. The maximum Gasteiger partial charge on any atom is 0.252 e. The summed E-state index contributed by atoms with van der Waals surface area (Å²) in [5, 5.41) is 5.65. The molecule has 1 aliphatic carbocycles. The first-order valence-electron chi connectivity index (χ1n) is 8.62. The van der Waals surface area contributed by atoms with Gasteiger partial charge in [-0.1, -0.05) is 11.6 Å². The quantitative estimate of drug-likeness (QED) is 0.677. The van der Waals surface area contributed by atoms with Gasteiger partial charge in [-0.05, 0) is 32.8 Å². The lowest BCUT2D eigenvalue weighted by molar-refractivity contribution is -0.117. The Labute approximate surface area is 159 Å². The van der Waals surface area contributed by atoms with E-state index in [1.165, 1.54) is 24.6 Å². The largest absolute Gasteiger partial charge is 0.369 e. The molecule has 3 aromatic rings. The number of primary amides is 1. The molecule has 7 nitrogen and oxygen atoms in total. The van der Waals surface area contributed by atoms with Gasteiger partial charge in [0, 0.05) is 23.6 Å². The average molecular weight is 389 g/mol. The summed E-state index contributed by atoms with van der Waals surface area (Å²) in [6.07, 6.45) is 3.80. The Balaban J connectivity index is 1.93. The Morgan fingerprint density at radius 2 is 2.11 bits per heavy atom. The van der Waals surface area contributed by atoms with E-state index in [-0.39, 0.29) is 23.2 Å². The predicted octanol–water partition coefficient (Wildman–Crippen LogP) is 2.97. The van der Waals surface area contributed by atoms with Gasteiger partial charge in [-0.25, -0.2) is 9.37 Å². The number of alkyl halides is 1. The highest BCUT2D eigenvalue weighted by Crippen LogP contribution is 2.42. The highest BCUT2D eigenvalue weighted by molar-refractivity contribution is 6.29. The average Bonchev–Trinajstić information content (AvgIpc) is 3.34. The predicted molar refractivity (Wildman–Crippen MR) is 98.5 cm³/mol. The first-order chi connectivity index (χ1) is 12.7. The molecule has 0 aromatic carbocycles. The normalized spacial score (nSPS) is 14.7. The highest BCUT2D eigenvalue weighted by Gasteiger charge is 2.30. The van der Waals surface area contributed by atoms with Gasteiger partial charge in [0.1, 0.15) is 10.8 Å². The standard InChI is InChI=1S/C18H18ClFN6O/c1-18(2,20)13-7-14(19)24-17(23-13)26-12-5-10(6-15(21)27)22-8-11(12)16(25-26)9-3-4-9/h5,7-9H,3-4,6H2,1-2H3,(H2,21,27). The van der Waals surface area contributed by atoms with Crippen LogP contribution in [0.4, 0.5) is 4.39 Å². The molecule has 2 N–H and O–H groups in total. The van der Waals surface area contributed by atoms with E-state index in [2.05, 4.69) is 20.1 Å². The summed E-state index contributed by atoms with van der Waals surface area (Å²) >= 11 is 6.11. The third-order valence-electron chi connectivity index (χ3n) is 4.45. The SMILES string of the molecule is CC(C)(F)c1cc(Cl)nc(-n2nc(C3CC3)c3cnc(CC(N)=O)cc32)n1. The fraction of sp³-hybridized carbons (Fsp3) is 0.389. The topological polar surface area (TPSA) is 99.6 Å². The van der Waals surface area contributed by atoms with Crippen molar-refractivity contribution in [1.29, 1.82) is 0 Å². The second-order valence-corrected chi connectivity index (χ2v) is 7.64. The summed E-state index contributed by atoms with van der Waals surface area (Å²) in [4.78, 5) is 24.1. The Morgan fingerprint density at radius 3 is 2.74 bits per heavy atom. The number of carbonyl (C=O) groups excluding carboxylic acids is 1. The van der Waals surface area contributed by atoms with Crippen LogP contribution in [0.2, 0.25) is 5.15 Å². The second kappa shape index (κ2) is 6.23. The van der Waals surface area contributed by atoms with Gasteiger partial charge in [0.05, 0.1) is 29.0 Å². The first-order valence-corrected chi connectivity index (χ1v) is 9.00. The van der Waals surface area contributed by atoms with E-state index in [0.717, 1.165) is 23.9 Å². The molecule has 0 spiro atoms. The van der Waals surface area contributed by atoms with Gasteiger partial charge in [0.25, 0.3) is 5.95 Å². The smallest absolute Gasteiger partial charge is 0.252 e. The van der Waals surface area contributed by atoms with E-state index in [4.69, 9.17) is 17.3 Å². The van der Waals surface area contributed by atoms with Crippen LogP contribution in [0.1, 0.15) is 49.7 Å². The van der Waals surface area contributed by atoms with E-state index in [9.17, 15) is 9.18 Å². The molecule has 1 fully saturated rings. The van der Waals surface area contributed by atoms with E-state index in [0.29, 0.717) is 17.1 Å². The Hall–Kier alpha value is -2.61. The molecule has 1 aliphatic rings. The number of hydrogen-bond acceptors (Lipinski definition) is 5. The first kappa shape index (κ1) is 17.8. The van der Waals surface area contributed by atoms with Crippen molar-refractivity contribution < 1.29 is 9.18 Å². The number of rotatable bonds is 5. The molecule has 9 heteroatoms. The summed E-state index contributed by atoms with van der Waals surface area (Å²) < 4.78 is 16.0. The molecule has 0 atom stereocenters. The van der Waals surface area contributed by atoms with Crippen molar-refractivity contribution in [3.8, 4) is 5.95 Å². The van der Waals surface area contributed by atoms with E-state index < -0.39 is 11.6 Å². The van der Waals surface area contributed by atoms with E-state index in [1.807, 2.05) is 0 Å². The van der Waals surface area contributed by atoms with Crippen LogP contribution in [-0.4, -0.2) is 30.6 Å². The molecule has 0 bridgehead atoms. The molecule has 0 aliphatic heterocycles. The van der Waals surface area contributed by atoms with Crippen LogP contribution in [0, 0.1) is 0 Å². The third-order valence-corrected chi connectivity index (χ3v) is 4.65. The lowest BCUT2D eigenvalue weighted by Gasteiger charge is -2.14. The van der Waals surface area contributed by atoms with Gasteiger partial charge < -0.3 is 5.73 Å². The summed E-state index contributed by atoms with van der Waals surface area (Å²) in [5.41, 5.74) is 5.88. The number of nitrogens with zero attached hydrogens (tertiary/aromatic N) is 5. The van der Waals surface area contributed by atoms with Crippen LogP contribution in [0.3, 0.4) is 0 Å². The van der Waals surface area contributed by atoms with Crippen LogP contribution in [0.25, 0.3) is 16.9 Å². The molecule has 3 aromatic heterocycles. The maximum absolute atomic E-state index is 14.4. The molecule has 27 heavy (non-hydrogen) atoms.